The number of hydrogen-bond acceptors (Lipinski definition) is 3. The van der Waals surface area contributed by atoms with Crippen LogP contribution in [0.4, 0.5) is 0 Å². The van der Waals surface area contributed by atoms with Crippen molar-refractivity contribution in [2.45, 2.75) is 32.2 Å². The van der Waals surface area contributed by atoms with Gasteiger partial charge in [-0.05, 0) is 38.1 Å². The van der Waals surface area contributed by atoms with Crippen molar-refractivity contribution >= 4 is 22.8 Å². The molecule has 0 saturated carbocycles. The van der Waals surface area contributed by atoms with Crippen molar-refractivity contribution in [2.75, 3.05) is 19.6 Å². The van der Waals surface area contributed by atoms with Gasteiger partial charge in [-0.25, -0.2) is 9.78 Å². The molecule has 0 atom stereocenters. The second-order valence-corrected chi connectivity index (χ2v) is 5.73. The fourth-order valence-electron chi connectivity index (χ4n) is 2.82. The van der Waals surface area contributed by atoms with Gasteiger partial charge >= 0.3 is 5.69 Å². The molecule has 0 spiro atoms. The van der Waals surface area contributed by atoms with Crippen LogP contribution in [-0.2, 0) is 6.54 Å². The monoisotopic (exact) mass is 294 g/mol. The fourth-order valence-corrected chi connectivity index (χ4v) is 2.96. The second kappa shape index (κ2) is 5.97. The lowest BCUT2D eigenvalue weighted by molar-refractivity contribution is 0.273. The minimum atomic E-state index is -0.107. The molecule has 1 aliphatic heterocycles. The van der Waals surface area contributed by atoms with E-state index in [1.807, 2.05) is 0 Å². The molecule has 1 N–H and O–H groups in total. The van der Waals surface area contributed by atoms with Gasteiger partial charge in [-0.2, -0.15) is 0 Å². The average Bonchev–Trinajstić information content (AvgIpc) is 2.63. The zero-order valence-corrected chi connectivity index (χ0v) is 12.2. The quantitative estimate of drug-likeness (QED) is 0.884. The molecule has 5 nitrogen and oxygen atoms in total. The van der Waals surface area contributed by atoms with Gasteiger partial charge in [0.05, 0.1) is 5.52 Å². The van der Waals surface area contributed by atoms with Gasteiger partial charge in [-0.15, -0.1) is 0 Å². The first-order valence-corrected chi connectivity index (χ1v) is 7.59. The first-order valence-electron chi connectivity index (χ1n) is 7.21. The third-order valence-corrected chi connectivity index (χ3v) is 4.13. The number of likely N-dealkylation sites (tertiary alicyclic amines) is 1. The first kappa shape index (κ1) is 13.6. The van der Waals surface area contributed by atoms with Crippen molar-refractivity contribution in [1.29, 1.82) is 0 Å². The Balaban J connectivity index is 1.78. The van der Waals surface area contributed by atoms with E-state index in [0.717, 1.165) is 25.2 Å². The van der Waals surface area contributed by atoms with E-state index in [2.05, 4.69) is 14.9 Å². The lowest BCUT2D eigenvalue weighted by atomic mass is 10.2. The summed E-state index contributed by atoms with van der Waals surface area (Å²) in [6.45, 7) is 3.81. The van der Waals surface area contributed by atoms with Gasteiger partial charge in [-0.1, -0.05) is 24.4 Å². The lowest BCUT2D eigenvalue weighted by Crippen LogP contribution is -2.31. The highest BCUT2D eigenvalue weighted by atomic mass is 35.5. The number of pyridine rings is 1. The molecule has 3 heterocycles. The van der Waals surface area contributed by atoms with Gasteiger partial charge in [0.25, 0.3) is 0 Å². The van der Waals surface area contributed by atoms with Crippen LogP contribution in [0.3, 0.4) is 0 Å². The predicted octanol–water partition coefficient (Wildman–Crippen LogP) is 2.25. The van der Waals surface area contributed by atoms with E-state index in [1.165, 1.54) is 25.7 Å². The maximum absolute atomic E-state index is 12.0. The van der Waals surface area contributed by atoms with E-state index in [1.54, 1.807) is 16.7 Å². The summed E-state index contributed by atoms with van der Waals surface area (Å²) in [4.78, 5) is 21.5. The number of halogens is 1. The van der Waals surface area contributed by atoms with Crippen LogP contribution in [-0.4, -0.2) is 39.1 Å². The zero-order chi connectivity index (χ0) is 13.9. The topological polar surface area (TPSA) is 53.9 Å². The van der Waals surface area contributed by atoms with E-state index < -0.39 is 0 Å². The molecule has 0 radical (unpaired) electrons. The number of fused-ring (bicyclic) bond motifs is 1. The Morgan fingerprint density at radius 1 is 1.15 bits per heavy atom. The largest absolute Gasteiger partial charge is 0.327 e. The van der Waals surface area contributed by atoms with Crippen LogP contribution in [0.25, 0.3) is 11.2 Å². The lowest BCUT2D eigenvalue weighted by Gasteiger charge is -2.19. The Morgan fingerprint density at radius 2 is 1.90 bits per heavy atom. The van der Waals surface area contributed by atoms with E-state index >= 15 is 0 Å². The van der Waals surface area contributed by atoms with Gasteiger partial charge in [0.15, 0.2) is 5.65 Å². The summed E-state index contributed by atoms with van der Waals surface area (Å²) in [5.41, 5.74) is 1.29. The summed E-state index contributed by atoms with van der Waals surface area (Å²) in [5.74, 6) is 0. The maximum Gasteiger partial charge on any atom is 0.327 e. The van der Waals surface area contributed by atoms with Gasteiger partial charge in [0, 0.05) is 13.1 Å². The van der Waals surface area contributed by atoms with Crippen LogP contribution in [0.1, 0.15) is 25.7 Å². The standard InChI is InChI=1S/C14H19ClN4O/c15-12-6-5-11-13(17-12)19(14(20)16-11)10-9-18-7-3-1-2-4-8-18/h5-6H,1-4,7-10H2,(H,16,20). The van der Waals surface area contributed by atoms with E-state index in [9.17, 15) is 4.79 Å². The van der Waals surface area contributed by atoms with Crippen LogP contribution >= 0.6 is 11.6 Å². The highest BCUT2D eigenvalue weighted by Gasteiger charge is 2.12. The molecule has 1 aliphatic rings. The number of hydrogen-bond donors (Lipinski definition) is 1. The molecule has 6 heteroatoms. The zero-order valence-electron chi connectivity index (χ0n) is 11.4. The second-order valence-electron chi connectivity index (χ2n) is 5.34. The molecule has 3 rings (SSSR count). The van der Waals surface area contributed by atoms with Crippen LogP contribution in [0, 0.1) is 0 Å². The van der Waals surface area contributed by atoms with Crippen LogP contribution in [0.5, 0.6) is 0 Å². The summed E-state index contributed by atoms with van der Waals surface area (Å²) < 4.78 is 1.69. The van der Waals surface area contributed by atoms with Crippen LogP contribution < -0.4 is 5.69 Å². The third-order valence-electron chi connectivity index (χ3n) is 3.92. The summed E-state index contributed by atoms with van der Waals surface area (Å²) in [5, 5.41) is 0.417. The van der Waals surface area contributed by atoms with Gasteiger partial charge in [-0.3, -0.25) is 4.57 Å². The SMILES string of the molecule is O=c1[nH]c2ccc(Cl)nc2n1CCN1CCCCCC1. The number of nitrogens with zero attached hydrogens (tertiary/aromatic N) is 3. The number of aromatic amines is 1. The molecule has 108 valence electrons. The molecule has 1 fully saturated rings. The molecule has 0 amide bonds. The first-order chi connectivity index (χ1) is 9.74. The van der Waals surface area contributed by atoms with Crippen LogP contribution in [0.15, 0.2) is 16.9 Å². The smallest absolute Gasteiger partial charge is 0.304 e. The molecular formula is C14H19ClN4O. The Hall–Kier alpha value is -1.33. The normalized spacial score (nSPS) is 17.4. The minimum absolute atomic E-state index is 0.107. The Bertz CT molecular complexity index is 640. The summed E-state index contributed by atoms with van der Waals surface area (Å²) >= 11 is 5.92. The van der Waals surface area contributed by atoms with Gasteiger partial charge < -0.3 is 9.88 Å². The molecule has 2 aromatic rings. The number of aromatic nitrogens is 3. The van der Waals surface area contributed by atoms with Gasteiger partial charge in [0.1, 0.15) is 5.15 Å². The van der Waals surface area contributed by atoms with Crippen molar-refractivity contribution in [2.24, 2.45) is 0 Å². The van der Waals surface area contributed by atoms with E-state index in [0.29, 0.717) is 17.3 Å². The number of H-pyrrole nitrogens is 1. The predicted molar refractivity (Wildman–Crippen MR) is 80.3 cm³/mol. The molecule has 20 heavy (non-hydrogen) atoms. The van der Waals surface area contributed by atoms with Crippen molar-refractivity contribution < 1.29 is 0 Å². The molecule has 0 aromatic carbocycles. The summed E-state index contributed by atoms with van der Waals surface area (Å²) in [6, 6.07) is 3.49. The third kappa shape index (κ3) is 2.88. The molecule has 0 aliphatic carbocycles. The Morgan fingerprint density at radius 3 is 2.65 bits per heavy atom. The number of nitrogens with one attached hydrogen (secondary N) is 1. The molecular weight excluding hydrogens is 276 g/mol. The number of rotatable bonds is 3. The molecule has 0 bridgehead atoms. The summed E-state index contributed by atoms with van der Waals surface area (Å²) in [7, 11) is 0. The Labute approximate surface area is 122 Å². The Kier molecular flexibility index (Phi) is 4.08. The van der Waals surface area contributed by atoms with E-state index in [-0.39, 0.29) is 5.69 Å². The fraction of sp³-hybridized carbons (Fsp3) is 0.571. The molecule has 2 aromatic heterocycles. The highest BCUT2D eigenvalue weighted by molar-refractivity contribution is 6.29. The van der Waals surface area contributed by atoms with Crippen molar-refractivity contribution in [3.05, 3.63) is 27.8 Å². The van der Waals surface area contributed by atoms with Gasteiger partial charge in [0.2, 0.25) is 0 Å². The highest BCUT2D eigenvalue weighted by Crippen LogP contribution is 2.13. The summed E-state index contributed by atoms with van der Waals surface area (Å²) in [6.07, 6.45) is 5.15. The molecule has 0 unspecified atom stereocenters. The molecule has 1 saturated heterocycles. The van der Waals surface area contributed by atoms with Crippen molar-refractivity contribution in [3.8, 4) is 0 Å². The minimum Gasteiger partial charge on any atom is -0.304 e. The van der Waals surface area contributed by atoms with Crippen molar-refractivity contribution in [1.82, 2.24) is 19.4 Å². The average molecular weight is 295 g/mol. The maximum atomic E-state index is 12.0. The van der Waals surface area contributed by atoms with E-state index in [4.69, 9.17) is 11.6 Å². The number of imidazole rings is 1. The van der Waals surface area contributed by atoms with Crippen molar-refractivity contribution in [3.63, 3.8) is 0 Å². The van der Waals surface area contributed by atoms with Crippen LogP contribution in [0.2, 0.25) is 5.15 Å².